The van der Waals surface area contributed by atoms with Crippen LogP contribution in [0.15, 0.2) is 0 Å². The zero-order valence-electron chi connectivity index (χ0n) is 10.3. The summed E-state index contributed by atoms with van der Waals surface area (Å²) in [6, 6.07) is 0.194. The van der Waals surface area contributed by atoms with Gasteiger partial charge < -0.3 is 5.32 Å². The number of hydrogen-bond donors (Lipinski definition) is 1. The standard InChI is InChI=1S/C10H22N2O2S2/c1-4-11-7-9(2)16(13,14)12(3)10-5-6-15-8-10/h9-11H,4-8H2,1-3H3. The molecule has 0 aliphatic carbocycles. The van der Waals surface area contributed by atoms with Crippen LogP contribution in [-0.4, -0.2) is 55.7 Å². The van der Waals surface area contributed by atoms with Crippen LogP contribution in [0.1, 0.15) is 20.3 Å². The van der Waals surface area contributed by atoms with Gasteiger partial charge in [0.2, 0.25) is 10.0 Å². The van der Waals surface area contributed by atoms with E-state index in [1.165, 1.54) is 0 Å². The molecule has 96 valence electrons. The van der Waals surface area contributed by atoms with Crippen molar-refractivity contribution in [3.8, 4) is 0 Å². The minimum atomic E-state index is -3.14. The van der Waals surface area contributed by atoms with Crippen molar-refractivity contribution in [3.05, 3.63) is 0 Å². The first-order valence-electron chi connectivity index (χ1n) is 5.75. The van der Waals surface area contributed by atoms with Crippen molar-refractivity contribution >= 4 is 21.8 Å². The maximum Gasteiger partial charge on any atom is 0.217 e. The van der Waals surface area contributed by atoms with Crippen LogP contribution in [0.5, 0.6) is 0 Å². The molecule has 1 N–H and O–H groups in total. The summed E-state index contributed by atoms with van der Waals surface area (Å²) in [6.07, 6.45) is 0.980. The zero-order valence-corrected chi connectivity index (χ0v) is 11.9. The summed E-state index contributed by atoms with van der Waals surface area (Å²) in [5, 5.41) is 2.74. The van der Waals surface area contributed by atoms with Crippen LogP contribution in [0.25, 0.3) is 0 Å². The fraction of sp³-hybridized carbons (Fsp3) is 1.00. The SMILES string of the molecule is CCNCC(C)S(=O)(=O)N(C)C1CCSC1. The number of sulfonamides is 1. The van der Waals surface area contributed by atoms with E-state index >= 15 is 0 Å². The summed E-state index contributed by atoms with van der Waals surface area (Å²) < 4.78 is 26.0. The number of thioether (sulfide) groups is 1. The molecule has 0 aromatic heterocycles. The van der Waals surface area contributed by atoms with Crippen LogP contribution >= 0.6 is 11.8 Å². The molecule has 2 atom stereocenters. The molecule has 6 heteroatoms. The van der Waals surface area contributed by atoms with E-state index in [-0.39, 0.29) is 11.3 Å². The maximum atomic E-state index is 12.2. The van der Waals surface area contributed by atoms with Crippen LogP contribution in [0.4, 0.5) is 0 Å². The van der Waals surface area contributed by atoms with Gasteiger partial charge in [0, 0.05) is 25.4 Å². The zero-order chi connectivity index (χ0) is 12.2. The summed E-state index contributed by atoms with van der Waals surface area (Å²) >= 11 is 1.83. The first-order chi connectivity index (χ1) is 7.50. The molecule has 0 aromatic carbocycles. The van der Waals surface area contributed by atoms with Crippen molar-refractivity contribution in [2.24, 2.45) is 0 Å². The van der Waals surface area contributed by atoms with Crippen LogP contribution in [0, 0.1) is 0 Å². The average Bonchev–Trinajstić information content (AvgIpc) is 2.77. The molecule has 1 heterocycles. The first kappa shape index (κ1) is 14.3. The van der Waals surface area contributed by atoms with Crippen molar-refractivity contribution in [3.63, 3.8) is 0 Å². The quantitative estimate of drug-likeness (QED) is 0.771. The molecule has 1 aliphatic heterocycles. The molecule has 0 radical (unpaired) electrons. The van der Waals surface area contributed by atoms with Crippen molar-refractivity contribution in [2.75, 3.05) is 31.6 Å². The van der Waals surface area contributed by atoms with Gasteiger partial charge in [-0.15, -0.1) is 0 Å². The average molecular weight is 266 g/mol. The first-order valence-corrected chi connectivity index (χ1v) is 8.41. The summed E-state index contributed by atoms with van der Waals surface area (Å²) in [5.41, 5.74) is 0. The predicted octanol–water partition coefficient (Wildman–Crippen LogP) is 0.751. The van der Waals surface area contributed by atoms with Gasteiger partial charge in [-0.2, -0.15) is 11.8 Å². The summed E-state index contributed by atoms with van der Waals surface area (Å²) in [4.78, 5) is 0. The second-order valence-electron chi connectivity index (χ2n) is 4.20. The highest BCUT2D eigenvalue weighted by atomic mass is 32.2. The third-order valence-corrected chi connectivity index (χ3v) is 6.44. The predicted molar refractivity (Wildman–Crippen MR) is 70.4 cm³/mol. The summed E-state index contributed by atoms with van der Waals surface area (Å²) in [5.74, 6) is 2.01. The Morgan fingerprint density at radius 2 is 2.25 bits per heavy atom. The van der Waals surface area contributed by atoms with E-state index < -0.39 is 10.0 Å². The molecule has 1 aliphatic rings. The normalized spacial score (nSPS) is 23.9. The molecule has 2 unspecified atom stereocenters. The number of nitrogens with one attached hydrogen (secondary N) is 1. The van der Waals surface area contributed by atoms with Gasteiger partial charge in [0.25, 0.3) is 0 Å². The van der Waals surface area contributed by atoms with Gasteiger partial charge in [0.15, 0.2) is 0 Å². The van der Waals surface area contributed by atoms with Gasteiger partial charge in [-0.1, -0.05) is 6.92 Å². The van der Waals surface area contributed by atoms with E-state index in [0.717, 1.165) is 24.5 Å². The Balaban J connectivity index is 2.60. The van der Waals surface area contributed by atoms with Gasteiger partial charge >= 0.3 is 0 Å². The van der Waals surface area contributed by atoms with Gasteiger partial charge in [0.1, 0.15) is 0 Å². The lowest BCUT2D eigenvalue weighted by molar-refractivity contribution is 0.388. The Labute approximate surface area is 103 Å². The minimum Gasteiger partial charge on any atom is -0.316 e. The molecule has 0 amide bonds. The second kappa shape index (κ2) is 6.23. The lowest BCUT2D eigenvalue weighted by Gasteiger charge is -2.26. The number of hydrogen-bond acceptors (Lipinski definition) is 4. The monoisotopic (exact) mass is 266 g/mol. The van der Waals surface area contributed by atoms with Crippen molar-refractivity contribution < 1.29 is 8.42 Å². The number of nitrogens with zero attached hydrogens (tertiary/aromatic N) is 1. The Morgan fingerprint density at radius 3 is 2.75 bits per heavy atom. The molecule has 0 bridgehead atoms. The van der Waals surface area contributed by atoms with E-state index in [4.69, 9.17) is 0 Å². The Morgan fingerprint density at radius 1 is 1.56 bits per heavy atom. The van der Waals surface area contributed by atoms with E-state index in [0.29, 0.717) is 6.54 Å². The molecule has 16 heavy (non-hydrogen) atoms. The Kier molecular flexibility index (Phi) is 5.56. The van der Waals surface area contributed by atoms with Crippen LogP contribution < -0.4 is 5.32 Å². The molecular formula is C10H22N2O2S2. The lowest BCUT2D eigenvalue weighted by Crippen LogP contribution is -2.44. The smallest absolute Gasteiger partial charge is 0.217 e. The highest BCUT2D eigenvalue weighted by Gasteiger charge is 2.32. The fourth-order valence-corrected chi connectivity index (χ4v) is 4.61. The molecule has 0 spiro atoms. The van der Waals surface area contributed by atoms with E-state index in [1.807, 2.05) is 18.7 Å². The Bertz CT molecular complexity index is 300. The van der Waals surface area contributed by atoms with Crippen LogP contribution in [0.3, 0.4) is 0 Å². The van der Waals surface area contributed by atoms with Crippen molar-refractivity contribution in [1.82, 2.24) is 9.62 Å². The molecule has 1 fully saturated rings. The third kappa shape index (κ3) is 3.35. The maximum absolute atomic E-state index is 12.2. The van der Waals surface area contributed by atoms with Gasteiger partial charge in [0.05, 0.1) is 5.25 Å². The minimum absolute atomic E-state index is 0.194. The molecular weight excluding hydrogens is 244 g/mol. The van der Waals surface area contributed by atoms with Gasteiger partial charge in [-0.05, 0) is 25.6 Å². The van der Waals surface area contributed by atoms with E-state index in [1.54, 1.807) is 18.3 Å². The van der Waals surface area contributed by atoms with E-state index in [9.17, 15) is 8.42 Å². The molecule has 0 aromatic rings. The number of rotatable bonds is 6. The molecule has 4 nitrogen and oxygen atoms in total. The van der Waals surface area contributed by atoms with Crippen molar-refractivity contribution in [1.29, 1.82) is 0 Å². The highest BCUT2D eigenvalue weighted by molar-refractivity contribution is 7.99. The summed E-state index contributed by atoms with van der Waals surface area (Å²) in [7, 11) is -1.42. The molecule has 1 saturated heterocycles. The topological polar surface area (TPSA) is 49.4 Å². The lowest BCUT2D eigenvalue weighted by atomic mass is 10.3. The van der Waals surface area contributed by atoms with Crippen LogP contribution in [-0.2, 0) is 10.0 Å². The largest absolute Gasteiger partial charge is 0.316 e. The second-order valence-corrected chi connectivity index (χ2v) is 7.76. The molecule has 0 saturated carbocycles. The van der Waals surface area contributed by atoms with Gasteiger partial charge in [-0.25, -0.2) is 12.7 Å². The van der Waals surface area contributed by atoms with E-state index in [2.05, 4.69) is 5.32 Å². The summed E-state index contributed by atoms with van der Waals surface area (Å²) in [6.45, 7) is 5.10. The Hall–Kier alpha value is 0.220. The van der Waals surface area contributed by atoms with Crippen LogP contribution in [0.2, 0.25) is 0 Å². The van der Waals surface area contributed by atoms with Gasteiger partial charge in [-0.3, -0.25) is 0 Å². The highest BCUT2D eigenvalue weighted by Crippen LogP contribution is 2.24. The fourth-order valence-electron chi connectivity index (χ4n) is 1.75. The third-order valence-electron chi connectivity index (χ3n) is 3.01. The van der Waals surface area contributed by atoms with Crippen molar-refractivity contribution in [2.45, 2.75) is 31.6 Å². The molecule has 1 rings (SSSR count).